The van der Waals surface area contributed by atoms with Crippen molar-refractivity contribution in [2.45, 2.75) is 89.6 Å². The van der Waals surface area contributed by atoms with E-state index in [1.165, 1.54) is 57.1 Å². The van der Waals surface area contributed by atoms with E-state index in [-0.39, 0.29) is 5.92 Å². The Morgan fingerprint density at radius 3 is 2.00 bits per heavy atom. The van der Waals surface area contributed by atoms with Crippen molar-refractivity contribution >= 4 is 0 Å². The second kappa shape index (κ2) is 8.15. The fourth-order valence-corrected chi connectivity index (χ4v) is 5.25. The molecule has 0 nitrogen and oxygen atoms in total. The van der Waals surface area contributed by atoms with Crippen LogP contribution >= 0.6 is 0 Å². The molecule has 1 atom stereocenters. The van der Waals surface area contributed by atoms with Crippen molar-refractivity contribution in [3.05, 3.63) is 24.1 Å². The van der Waals surface area contributed by atoms with Crippen molar-refractivity contribution in [3.63, 3.8) is 0 Å². The fraction of sp³-hybridized carbons (Fsp3) is 0.818. The summed E-state index contributed by atoms with van der Waals surface area (Å²) >= 11 is 0. The molecule has 0 N–H and O–H groups in total. The molecule has 1 unspecified atom stereocenters. The molecule has 0 aromatic heterocycles. The summed E-state index contributed by atoms with van der Waals surface area (Å²) in [5.74, 6) is 1.96. The highest BCUT2D eigenvalue weighted by atomic mass is 19.2. The second-order valence-corrected chi connectivity index (χ2v) is 8.55. The lowest BCUT2D eigenvalue weighted by atomic mass is 9.70. The predicted octanol–water partition coefficient (Wildman–Crippen LogP) is 7.31. The molecule has 3 aliphatic carbocycles. The monoisotopic (exact) mass is 336 g/mol. The summed E-state index contributed by atoms with van der Waals surface area (Å²) in [5, 5.41) is 0. The van der Waals surface area contributed by atoms with Crippen LogP contribution in [0.1, 0.15) is 84.0 Å². The Kier molecular flexibility index (Phi) is 6.16. The Labute approximate surface area is 146 Å². The highest BCUT2D eigenvalue weighted by Crippen LogP contribution is 2.45. The summed E-state index contributed by atoms with van der Waals surface area (Å²) in [7, 11) is 0. The smallest absolute Gasteiger partial charge is 0.182 e. The van der Waals surface area contributed by atoms with E-state index in [1.807, 2.05) is 0 Å². The summed E-state index contributed by atoms with van der Waals surface area (Å²) in [6.07, 6.45) is 18.8. The third-order valence-corrected chi connectivity index (χ3v) is 7.13. The zero-order valence-electron chi connectivity index (χ0n) is 15.3. The largest absolute Gasteiger partial charge is 0.231 e. The topological polar surface area (TPSA) is 0 Å². The van der Waals surface area contributed by atoms with E-state index in [0.717, 1.165) is 43.4 Å². The zero-order valence-corrected chi connectivity index (χ0v) is 15.3. The van der Waals surface area contributed by atoms with Crippen molar-refractivity contribution in [3.8, 4) is 0 Å². The average molecular weight is 337 g/mol. The van der Waals surface area contributed by atoms with Gasteiger partial charge in [-0.25, -0.2) is 8.78 Å². The maximum atomic E-state index is 15.0. The minimum Gasteiger partial charge on any atom is -0.231 e. The quantitative estimate of drug-likeness (QED) is 0.462. The Morgan fingerprint density at radius 2 is 1.46 bits per heavy atom. The number of hydrogen-bond donors (Lipinski definition) is 0. The standard InChI is InChI=1S/C22H34F2/c1-2-17-6-8-18(9-7-17)10-11-19-12-14-20(15-13-19)22(24)16-4-3-5-21(22)23/h4-5,16-20H,2-3,6-15H2,1H3. The SMILES string of the molecule is CCC1CCC(CCC2CCC(C3(F)C=CCC=C3F)CC2)CC1. The van der Waals surface area contributed by atoms with Crippen LogP contribution in [0.3, 0.4) is 0 Å². The molecule has 3 rings (SSSR count). The average Bonchev–Trinajstić information content (AvgIpc) is 2.63. The number of allylic oxidation sites excluding steroid dienone is 4. The summed E-state index contributed by atoms with van der Waals surface area (Å²) in [4.78, 5) is 0. The van der Waals surface area contributed by atoms with Gasteiger partial charge in [-0.15, -0.1) is 0 Å². The number of alkyl halides is 1. The van der Waals surface area contributed by atoms with Gasteiger partial charge in [0.1, 0.15) is 5.83 Å². The molecule has 2 saturated carbocycles. The van der Waals surface area contributed by atoms with Crippen LogP contribution in [-0.4, -0.2) is 5.67 Å². The van der Waals surface area contributed by atoms with E-state index in [0.29, 0.717) is 6.42 Å². The van der Waals surface area contributed by atoms with Gasteiger partial charge in [0.05, 0.1) is 0 Å². The molecule has 0 saturated heterocycles. The normalized spacial score (nSPS) is 40.4. The molecule has 2 heteroatoms. The molecule has 3 aliphatic rings. The van der Waals surface area contributed by atoms with Crippen LogP contribution in [0.2, 0.25) is 0 Å². The fourth-order valence-electron chi connectivity index (χ4n) is 5.25. The Morgan fingerprint density at radius 1 is 0.917 bits per heavy atom. The van der Waals surface area contributed by atoms with Crippen molar-refractivity contribution in [1.29, 1.82) is 0 Å². The minimum absolute atomic E-state index is 0.151. The van der Waals surface area contributed by atoms with Gasteiger partial charge in [-0.1, -0.05) is 70.8 Å². The summed E-state index contributed by atoms with van der Waals surface area (Å²) in [6.45, 7) is 2.32. The van der Waals surface area contributed by atoms with E-state index >= 15 is 0 Å². The van der Waals surface area contributed by atoms with Crippen molar-refractivity contribution in [1.82, 2.24) is 0 Å². The molecule has 0 heterocycles. The second-order valence-electron chi connectivity index (χ2n) is 8.55. The molecule has 0 aromatic carbocycles. The zero-order chi connectivity index (χ0) is 17.0. The first-order valence-electron chi connectivity index (χ1n) is 10.3. The maximum absolute atomic E-state index is 15.0. The van der Waals surface area contributed by atoms with Gasteiger partial charge in [0.2, 0.25) is 0 Å². The Bertz CT molecular complexity index is 451. The van der Waals surface area contributed by atoms with Gasteiger partial charge in [0.25, 0.3) is 0 Å². The van der Waals surface area contributed by atoms with Crippen LogP contribution in [0, 0.1) is 23.7 Å². The number of rotatable bonds is 5. The van der Waals surface area contributed by atoms with Crippen molar-refractivity contribution < 1.29 is 8.78 Å². The first-order valence-corrected chi connectivity index (χ1v) is 10.3. The van der Waals surface area contributed by atoms with E-state index in [4.69, 9.17) is 0 Å². The third kappa shape index (κ3) is 4.11. The van der Waals surface area contributed by atoms with Gasteiger partial charge in [-0.2, -0.15) is 0 Å². The van der Waals surface area contributed by atoms with E-state index < -0.39 is 11.5 Å². The third-order valence-electron chi connectivity index (χ3n) is 7.13. The summed E-state index contributed by atoms with van der Waals surface area (Å²) in [6, 6.07) is 0. The summed E-state index contributed by atoms with van der Waals surface area (Å²) in [5.41, 5.74) is -1.80. The summed E-state index contributed by atoms with van der Waals surface area (Å²) < 4.78 is 29.0. The highest BCUT2D eigenvalue weighted by molar-refractivity contribution is 5.27. The van der Waals surface area contributed by atoms with Gasteiger partial charge in [0.15, 0.2) is 5.67 Å². The Hall–Kier alpha value is -0.660. The van der Waals surface area contributed by atoms with Crippen LogP contribution < -0.4 is 0 Å². The van der Waals surface area contributed by atoms with Crippen LogP contribution in [0.4, 0.5) is 8.78 Å². The van der Waals surface area contributed by atoms with E-state index in [9.17, 15) is 8.78 Å². The van der Waals surface area contributed by atoms with Gasteiger partial charge in [-0.3, -0.25) is 0 Å². The van der Waals surface area contributed by atoms with E-state index in [2.05, 4.69) is 6.92 Å². The molecule has 24 heavy (non-hydrogen) atoms. The Balaban J connectivity index is 1.40. The molecular formula is C22H34F2. The van der Waals surface area contributed by atoms with Crippen molar-refractivity contribution in [2.75, 3.05) is 0 Å². The lowest BCUT2D eigenvalue weighted by Crippen LogP contribution is -2.36. The molecule has 0 bridgehead atoms. The molecule has 136 valence electrons. The van der Waals surface area contributed by atoms with Gasteiger partial charge < -0.3 is 0 Å². The first-order chi connectivity index (χ1) is 11.6. The van der Waals surface area contributed by atoms with Crippen LogP contribution in [0.25, 0.3) is 0 Å². The van der Waals surface area contributed by atoms with Crippen LogP contribution in [0.5, 0.6) is 0 Å². The van der Waals surface area contributed by atoms with Gasteiger partial charge in [-0.05, 0) is 49.2 Å². The lowest BCUT2D eigenvalue weighted by molar-refractivity contribution is 0.0938. The molecule has 0 spiro atoms. The predicted molar refractivity (Wildman–Crippen MR) is 97.2 cm³/mol. The van der Waals surface area contributed by atoms with E-state index in [1.54, 1.807) is 6.08 Å². The van der Waals surface area contributed by atoms with Crippen LogP contribution in [-0.2, 0) is 0 Å². The number of hydrogen-bond acceptors (Lipinski definition) is 0. The molecule has 0 aromatic rings. The molecule has 0 amide bonds. The highest BCUT2D eigenvalue weighted by Gasteiger charge is 2.43. The maximum Gasteiger partial charge on any atom is 0.182 e. The van der Waals surface area contributed by atoms with Crippen molar-refractivity contribution in [2.24, 2.45) is 23.7 Å². The molecule has 0 radical (unpaired) electrons. The first kappa shape index (κ1) is 18.1. The van der Waals surface area contributed by atoms with Gasteiger partial charge >= 0.3 is 0 Å². The van der Waals surface area contributed by atoms with Gasteiger partial charge in [0, 0.05) is 5.92 Å². The minimum atomic E-state index is -1.80. The molecular weight excluding hydrogens is 302 g/mol. The molecule has 0 aliphatic heterocycles. The lowest BCUT2D eigenvalue weighted by Gasteiger charge is -2.37. The molecule has 2 fully saturated rings. The number of halogens is 2. The van der Waals surface area contributed by atoms with Crippen LogP contribution in [0.15, 0.2) is 24.1 Å².